The Balaban J connectivity index is 2.38. The van der Waals surface area contributed by atoms with Crippen LogP contribution in [-0.2, 0) is 0 Å². The Morgan fingerprint density at radius 1 is 1.60 bits per heavy atom. The van der Waals surface area contributed by atoms with E-state index in [9.17, 15) is 0 Å². The Hall–Kier alpha value is -0.770. The standard InChI is InChI=1S/C11H16BrN3/c1-3-15(8-4-5-8)11-10(12)7(2)9(13)6-14-11/h6,8H,3-5,13H2,1-2H3. The molecule has 0 saturated heterocycles. The van der Waals surface area contributed by atoms with Crippen molar-refractivity contribution < 1.29 is 0 Å². The number of nitrogens with two attached hydrogens (primary N) is 1. The molecule has 1 saturated carbocycles. The van der Waals surface area contributed by atoms with E-state index in [1.165, 1.54) is 12.8 Å². The Morgan fingerprint density at radius 2 is 2.27 bits per heavy atom. The number of hydrogen-bond donors (Lipinski definition) is 1. The summed E-state index contributed by atoms with van der Waals surface area (Å²) in [7, 11) is 0. The maximum Gasteiger partial charge on any atom is 0.143 e. The van der Waals surface area contributed by atoms with Crippen molar-refractivity contribution in [2.75, 3.05) is 17.2 Å². The molecule has 3 nitrogen and oxygen atoms in total. The van der Waals surface area contributed by atoms with Gasteiger partial charge in [-0.25, -0.2) is 4.98 Å². The van der Waals surface area contributed by atoms with E-state index in [0.717, 1.165) is 28.1 Å². The molecule has 1 fully saturated rings. The van der Waals surface area contributed by atoms with Gasteiger partial charge in [0.2, 0.25) is 0 Å². The van der Waals surface area contributed by atoms with Crippen molar-refractivity contribution in [1.82, 2.24) is 4.98 Å². The lowest BCUT2D eigenvalue weighted by atomic mass is 10.2. The van der Waals surface area contributed by atoms with E-state index < -0.39 is 0 Å². The molecule has 1 aromatic heterocycles. The summed E-state index contributed by atoms with van der Waals surface area (Å²) in [6, 6.07) is 0.682. The van der Waals surface area contributed by atoms with E-state index in [-0.39, 0.29) is 0 Å². The Bertz CT molecular complexity index is 374. The summed E-state index contributed by atoms with van der Waals surface area (Å²) in [6.45, 7) is 5.18. The molecule has 0 spiro atoms. The maximum absolute atomic E-state index is 5.81. The van der Waals surface area contributed by atoms with Gasteiger partial charge in [0.1, 0.15) is 5.82 Å². The summed E-state index contributed by atoms with van der Waals surface area (Å²) in [5.41, 5.74) is 7.64. The van der Waals surface area contributed by atoms with E-state index >= 15 is 0 Å². The average Bonchev–Trinajstić information content (AvgIpc) is 3.03. The fourth-order valence-corrected chi connectivity index (χ4v) is 2.31. The highest BCUT2D eigenvalue weighted by molar-refractivity contribution is 9.10. The molecule has 0 radical (unpaired) electrons. The first-order valence-electron chi connectivity index (χ1n) is 5.32. The molecule has 4 heteroatoms. The van der Waals surface area contributed by atoms with Gasteiger partial charge in [-0.2, -0.15) is 0 Å². The summed E-state index contributed by atoms with van der Waals surface area (Å²) in [5.74, 6) is 1.03. The number of hydrogen-bond acceptors (Lipinski definition) is 3. The van der Waals surface area contributed by atoms with Gasteiger partial charge in [-0.05, 0) is 48.2 Å². The van der Waals surface area contributed by atoms with E-state index in [4.69, 9.17) is 5.73 Å². The first-order chi connectivity index (χ1) is 7.15. The van der Waals surface area contributed by atoms with E-state index in [1.54, 1.807) is 6.20 Å². The number of nitrogens with zero attached hydrogens (tertiary/aromatic N) is 2. The molecule has 1 heterocycles. The highest BCUT2D eigenvalue weighted by Crippen LogP contribution is 2.36. The molecule has 0 unspecified atom stereocenters. The predicted molar refractivity (Wildman–Crippen MR) is 67.1 cm³/mol. The summed E-state index contributed by atoms with van der Waals surface area (Å²) in [5, 5.41) is 0. The van der Waals surface area contributed by atoms with E-state index in [2.05, 4.69) is 32.7 Å². The molecule has 0 aromatic carbocycles. The maximum atomic E-state index is 5.81. The third-order valence-corrected chi connectivity index (χ3v) is 3.83. The molecule has 0 aliphatic heterocycles. The van der Waals surface area contributed by atoms with E-state index in [1.807, 2.05) is 6.92 Å². The number of pyridine rings is 1. The number of anilines is 2. The number of halogens is 1. The van der Waals surface area contributed by atoms with Crippen LogP contribution in [0.1, 0.15) is 25.3 Å². The van der Waals surface area contributed by atoms with Crippen molar-refractivity contribution in [2.24, 2.45) is 0 Å². The molecule has 2 N–H and O–H groups in total. The molecule has 0 amide bonds. The first-order valence-corrected chi connectivity index (χ1v) is 6.11. The summed E-state index contributed by atoms with van der Waals surface area (Å²) < 4.78 is 1.04. The predicted octanol–water partition coefficient (Wildman–Crippen LogP) is 2.72. The molecule has 0 atom stereocenters. The molecule has 15 heavy (non-hydrogen) atoms. The van der Waals surface area contributed by atoms with Crippen molar-refractivity contribution >= 4 is 27.4 Å². The summed E-state index contributed by atoms with van der Waals surface area (Å²) in [6.07, 6.45) is 4.32. The van der Waals surface area contributed by atoms with Gasteiger partial charge in [-0.1, -0.05) is 0 Å². The zero-order chi connectivity index (χ0) is 11.0. The van der Waals surface area contributed by atoms with Crippen LogP contribution in [-0.4, -0.2) is 17.6 Å². The highest BCUT2D eigenvalue weighted by atomic mass is 79.9. The lowest BCUT2D eigenvalue weighted by Crippen LogP contribution is -2.26. The minimum atomic E-state index is 0.682. The summed E-state index contributed by atoms with van der Waals surface area (Å²) in [4.78, 5) is 6.77. The van der Waals surface area contributed by atoms with Crippen LogP contribution in [0, 0.1) is 6.92 Å². The smallest absolute Gasteiger partial charge is 0.143 e. The fourth-order valence-electron chi connectivity index (χ4n) is 1.75. The van der Waals surface area contributed by atoms with Crippen molar-refractivity contribution in [2.45, 2.75) is 32.7 Å². The van der Waals surface area contributed by atoms with E-state index in [0.29, 0.717) is 6.04 Å². The molecule has 1 aliphatic carbocycles. The SMILES string of the molecule is CCN(c1ncc(N)c(C)c1Br)C1CC1. The van der Waals surface area contributed by atoms with Crippen LogP contribution in [0.4, 0.5) is 11.5 Å². The molecule has 1 aromatic rings. The molecule has 0 bridgehead atoms. The van der Waals surface area contributed by atoms with Gasteiger partial charge in [0.05, 0.1) is 16.4 Å². The second kappa shape index (κ2) is 4.00. The quantitative estimate of drug-likeness (QED) is 0.918. The largest absolute Gasteiger partial charge is 0.397 e. The molecule has 1 aliphatic rings. The second-order valence-corrected chi connectivity index (χ2v) is 4.79. The Morgan fingerprint density at radius 3 is 2.80 bits per heavy atom. The monoisotopic (exact) mass is 269 g/mol. The third kappa shape index (κ3) is 1.95. The van der Waals surface area contributed by atoms with Crippen molar-refractivity contribution in [1.29, 1.82) is 0 Å². The zero-order valence-electron chi connectivity index (χ0n) is 9.13. The highest BCUT2D eigenvalue weighted by Gasteiger charge is 2.30. The van der Waals surface area contributed by atoms with Gasteiger partial charge >= 0.3 is 0 Å². The van der Waals surface area contributed by atoms with Crippen LogP contribution in [0.25, 0.3) is 0 Å². The van der Waals surface area contributed by atoms with Gasteiger partial charge in [0, 0.05) is 12.6 Å². The number of nitrogen functional groups attached to an aromatic ring is 1. The number of aromatic nitrogens is 1. The minimum absolute atomic E-state index is 0.682. The van der Waals surface area contributed by atoms with Gasteiger partial charge in [-0.3, -0.25) is 0 Å². The average molecular weight is 270 g/mol. The van der Waals surface area contributed by atoms with Gasteiger partial charge in [0.25, 0.3) is 0 Å². The topological polar surface area (TPSA) is 42.2 Å². The van der Waals surface area contributed by atoms with Gasteiger partial charge < -0.3 is 10.6 Å². The lowest BCUT2D eigenvalue weighted by molar-refractivity contribution is 0.805. The van der Waals surface area contributed by atoms with Gasteiger partial charge in [-0.15, -0.1) is 0 Å². The van der Waals surface area contributed by atoms with Crippen LogP contribution in [0.3, 0.4) is 0 Å². The molecular formula is C11H16BrN3. The molecular weight excluding hydrogens is 254 g/mol. The van der Waals surface area contributed by atoms with Crippen LogP contribution in [0.5, 0.6) is 0 Å². The Kier molecular flexibility index (Phi) is 2.87. The fraction of sp³-hybridized carbons (Fsp3) is 0.545. The molecule has 82 valence electrons. The number of rotatable bonds is 3. The van der Waals surface area contributed by atoms with Crippen molar-refractivity contribution in [3.63, 3.8) is 0 Å². The van der Waals surface area contributed by atoms with Crippen LogP contribution >= 0.6 is 15.9 Å². The van der Waals surface area contributed by atoms with Crippen LogP contribution < -0.4 is 10.6 Å². The Labute approximate surface area is 98.8 Å². The summed E-state index contributed by atoms with van der Waals surface area (Å²) >= 11 is 3.58. The third-order valence-electron chi connectivity index (χ3n) is 2.88. The van der Waals surface area contributed by atoms with Crippen LogP contribution in [0.15, 0.2) is 10.7 Å². The van der Waals surface area contributed by atoms with Gasteiger partial charge in [0.15, 0.2) is 0 Å². The minimum Gasteiger partial charge on any atom is -0.397 e. The first kappa shape index (κ1) is 10.7. The van der Waals surface area contributed by atoms with Crippen LogP contribution in [0.2, 0.25) is 0 Å². The normalized spacial score (nSPS) is 15.4. The van der Waals surface area contributed by atoms with Crippen molar-refractivity contribution in [3.05, 3.63) is 16.2 Å². The van der Waals surface area contributed by atoms with Crippen molar-refractivity contribution in [3.8, 4) is 0 Å². The second-order valence-electron chi connectivity index (χ2n) is 3.99. The lowest BCUT2D eigenvalue weighted by Gasteiger charge is -2.23. The zero-order valence-corrected chi connectivity index (χ0v) is 10.7. The molecule has 2 rings (SSSR count).